The summed E-state index contributed by atoms with van der Waals surface area (Å²) in [6.07, 6.45) is 2.71. The number of benzene rings is 2. The molecule has 8 nitrogen and oxygen atoms in total. The zero-order valence-corrected chi connectivity index (χ0v) is 19.7. The molecule has 0 unspecified atom stereocenters. The summed E-state index contributed by atoms with van der Waals surface area (Å²) in [4.78, 5) is 29.6. The fourth-order valence-corrected chi connectivity index (χ4v) is 4.09. The van der Waals surface area contributed by atoms with Gasteiger partial charge in [0.2, 0.25) is 5.91 Å². The van der Waals surface area contributed by atoms with Crippen molar-refractivity contribution in [3.63, 3.8) is 0 Å². The lowest BCUT2D eigenvalue weighted by molar-refractivity contribution is -0.122. The molecule has 0 radical (unpaired) electrons. The Kier molecular flexibility index (Phi) is 7.59. The third kappa shape index (κ3) is 5.28. The van der Waals surface area contributed by atoms with Crippen LogP contribution in [0.4, 0.5) is 0 Å². The summed E-state index contributed by atoms with van der Waals surface area (Å²) in [5, 5.41) is 7.69. The maximum Gasteiger partial charge on any atom is 0.257 e. The van der Waals surface area contributed by atoms with Crippen molar-refractivity contribution < 1.29 is 14.3 Å². The van der Waals surface area contributed by atoms with Gasteiger partial charge in [-0.2, -0.15) is 5.10 Å². The molecule has 4 rings (SSSR count). The number of piperazine rings is 1. The number of nitrogens with zero attached hydrogens (tertiary/aromatic N) is 4. The van der Waals surface area contributed by atoms with Crippen molar-refractivity contribution in [2.24, 2.45) is 0 Å². The van der Waals surface area contributed by atoms with Crippen molar-refractivity contribution in [2.45, 2.75) is 13.3 Å². The smallest absolute Gasteiger partial charge is 0.257 e. The number of nitrogens with one attached hydrogen (secondary N) is 1. The van der Waals surface area contributed by atoms with Crippen LogP contribution in [0.5, 0.6) is 5.75 Å². The SMILES string of the molecule is CCCNC(=O)CN1CCN(C(=O)c2cn(-c3ccccc3)nc2-c2ccccc2OC)CC1. The average molecular weight is 462 g/mol. The fourth-order valence-electron chi connectivity index (χ4n) is 4.09. The van der Waals surface area contributed by atoms with Crippen LogP contribution in [0.1, 0.15) is 23.7 Å². The third-order valence-electron chi connectivity index (χ3n) is 5.93. The van der Waals surface area contributed by atoms with Gasteiger partial charge < -0.3 is 15.0 Å². The first-order chi connectivity index (χ1) is 16.6. The molecule has 0 atom stereocenters. The van der Waals surface area contributed by atoms with E-state index in [0.29, 0.717) is 56.3 Å². The molecule has 2 heterocycles. The Labute approximate surface area is 200 Å². The van der Waals surface area contributed by atoms with Gasteiger partial charge in [0, 0.05) is 44.5 Å². The van der Waals surface area contributed by atoms with E-state index in [-0.39, 0.29) is 11.8 Å². The van der Waals surface area contributed by atoms with Crippen molar-refractivity contribution in [1.82, 2.24) is 24.9 Å². The van der Waals surface area contributed by atoms with Gasteiger partial charge in [-0.25, -0.2) is 4.68 Å². The van der Waals surface area contributed by atoms with Crippen molar-refractivity contribution in [2.75, 3.05) is 46.4 Å². The molecule has 1 N–H and O–H groups in total. The highest BCUT2D eigenvalue weighted by Crippen LogP contribution is 2.32. The summed E-state index contributed by atoms with van der Waals surface area (Å²) >= 11 is 0. The van der Waals surface area contributed by atoms with Crippen LogP contribution in [0.25, 0.3) is 16.9 Å². The topological polar surface area (TPSA) is 79.7 Å². The number of methoxy groups -OCH3 is 1. The van der Waals surface area contributed by atoms with Gasteiger partial charge in [-0.15, -0.1) is 0 Å². The van der Waals surface area contributed by atoms with Crippen LogP contribution in [0.3, 0.4) is 0 Å². The molecular formula is C26H31N5O3. The van der Waals surface area contributed by atoms with Crippen molar-refractivity contribution in [3.8, 4) is 22.7 Å². The van der Waals surface area contributed by atoms with Gasteiger partial charge >= 0.3 is 0 Å². The molecule has 0 bridgehead atoms. The molecule has 1 fully saturated rings. The molecule has 34 heavy (non-hydrogen) atoms. The highest BCUT2D eigenvalue weighted by Gasteiger charge is 2.28. The first-order valence-electron chi connectivity index (χ1n) is 11.7. The average Bonchev–Trinajstić information content (AvgIpc) is 3.33. The minimum Gasteiger partial charge on any atom is -0.496 e. The largest absolute Gasteiger partial charge is 0.496 e. The molecule has 1 aromatic heterocycles. The maximum absolute atomic E-state index is 13.6. The maximum atomic E-state index is 13.6. The van der Waals surface area contributed by atoms with E-state index in [2.05, 4.69) is 10.2 Å². The quantitative estimate of drug-likeness (QED) is 0.558. The number of rotatable bonds is 8. The summed E-state index contributed by atoms with van der Waals surface area (Å²) in [5.74, 6) is 0.625. The van der Waals surface area contributed by atoms with Crippen LogP contribution in [0.15, 0.2) is 60.8 Å². The minimum atomic E-state index is -0.0711. The van der Waals surface area contributed by atoms with Crippen molar-refractivity contribution >= 4 is 11.8 Å². The molecule has 0 aliphatic carbocycles. The van der Waals surface area contributed by atoms with Crippen LogP contribution >= 0.6 is 0 Å². The molecule has 3 aromatic rings. The van der Waals surface area contributed by atoms with Crippen molar-refractivity contribution in [1.29, 1.82) is 0 Å². The molecule has 0 saturated carbocycles. The van der Waals surface area contributed by atoms with E-state index in [0.717, 1.165) is 17.7 Å². The highest BCUT2D eigenvalue weighted by molar-refractivity contribution is 6.00. The van der Waals surface area contributed by atoms with Gasteiger partial charge in [-0.05, 0) is 30.7 Å². The molecule has 1 saturated heterocycles. The fraction of sp³-hybridized carbons (Fsp3) is 0.346. The predicted molar refractivity (Wildman–Crippen MR) is 131 cm³/mol. The molecular weight excluding hydrogens is 430 g/mol. The summed E-state index contributed by atoms with van der Waals surface area (Å²) in [6.45, 7) is 5.51. The molecule has 2 aromatic carbocycles. The minimum absolute atomic E-state index is 0.0317. The van der Waals surface area contributed by atoms with Crippen LogP contribution in [0.2, 0.25) is 0 Å². The normalized spacial score (nSPS) is 14.1. The Morgan fingerprint density at radius 3 is 2.41 bits per heavy atom. The molecule has 2 amide bonds. The first-order valence-corrected chi connectivity index (χ1v) is 11.7. The van der Waals surface area contributed by atoms with E-state index in [1.807, 2.05) is 66.4 Å². The van der Waals surface area contributed by atoms with Gasteiger partial charge in [0.05, 0.1) is 24.9 Å². The zero-order valence-electron chi connectivity index (χ0n) is 19.7. The Morgan fingerprint density at radius 2 is 1.71 bits per heavy atom. The van der Waals surface area contributed by atoms with Crippen LogP contribution in [0, 0.1) is 0 Å². The lowest BCUT2D eigenvalue weighted by Gasteiger charge is -2.34. The Balaban J connectivity index is 1.56. The number of hydrogen-bond acceptors (Lipinski definition) is 5. The monoisotopic (exact) mass is 461 g/mol. The molecule has 8 heteroatoms. The third-order valence-corrected chi connectivity index (χ3v) is 5.93. The van der Waals surface area contributed by atoms with Gasteiger partial charge in [0.25, 0.3) is 5.91 Å². The van der Waals surface area contributed by atoms with Gasteiger partial charge in [0.1, 0.15) is 11.4 Å². The van der Waals surface area contributed by atoms with Gasteiger partial charge in [-0.3, -0.25) is 14.5 Å². The number of hydrogen-bond donors (Lipinski definition) is 1. The standard InChI is InChI=1S/C26H31N5O3/c1-3-13-27-24(32)19-29-14-16-30(17-15-29)26(33)22-18-31(20-9-5-4-6-10-20)28-25(22)21-11-7-8-12-23(21)34-2/h4-12,18H,3,13-17,19H2,1-2H3,(H,27,32). The second-order valence-corrected chi connectivity index (χ2v) is 8.29. The van der Waals surface area contributed by atoms with E-state index in [1.165, 1.54) is 0 Å². The number of para-hydroxylation sites is 2. The molecule has 178 valence electrons. The second kappa shape index (κ2) is 11.0. The summed E-state index contributed by atoms with van der Waals surface area (Å²) in [7, 11) is 1.62. The molecule has 0 spiro atoms. The lowest BCUT2D eigenvalue weighted by atomic mass is 10.1. The number of carbonyl (C=O) groups is 2. The van der Waals surface area contributed by atoms with Crippen LogP contribution in [-0.2, 0) is 4.79 Å². The number of aromatic nitrogens is 2. The summed E-state index contributed by atoms with van der Waals surface area (Å²) in [5.41, 5.74) is 2.77. The number of amides is 2. The zero-order chi connectivity index (χ0) is 23.9. The van der Waals surface area contributed by atoms with E-state index in [4.69, 9.17) is 9.84 Å². The number of carbonyl (C=O) groups excluding carboxylic acids is 2. The van der Waals surface area contributed by atoms with Crippen LogP contribution < -0.4 is 10.1 Å². The molecule has 1 aliphatic rings. The first kappa shape index (κ1) is 23.5. The Bertz CT molecular complexity index is 1120. The van der Waals surface area contributed by atoms with E-state index >= 15 is 0 Å². The Hall–Kier alpha value is -3.65. The predicted octanol–water partition coefficient (Wildman–Crippen LogP) is 2.83. The lowest BCUT2D eigenvalue weighted by Crippen LogP contribution is -2.51. The van der Waals surface area contributed by atoms with Gasteiger partial charge in [-0.1, -0.05) is 37.3 Å². The van der Waals surface area contributed by atoms with Gasteiger partial charge in [0.15, 0.2) is 0 Å². The van der Waals surface area contributed by atoms with E-state index in [1.54, 1.807) is 18.0 Å². The summed E-state index contributed by atoms with van der Waals surface area (Å²) < 4.78 is 7.29. The van der Waals surface area contributed by atoms with Crippen LogP contribution in [-0.4, -0.2) is 77.8 Å². The van der Waals surface area contributed by atoms with Crippen molar-refractivity contribution in [3.05, 3.63) is 66.4 Å². The van der Waals surface area contributed by atoms with E-state index < -0.39 is 0 Å². The number of ether oxygens (including phenoxy) is 1. The Morgan fingerprint density at radius 1 is 1.00 bits per heavy atom. The summed E-state index contributed by atoms with van der Waals surface area (Å²) in [6, 6.07) is 17.3. The highest BCUT2D eigenvalue weighted by atomic mass is 16.5. The van der Waals surface area contributed by atoms with E-state index in [9.17, 15) is 9.59 Å². The second-order valence-electron chi connectivity index (χ2n) is 8.29. The molecule has 1 aliphatic heterocycles.